The number of ether oxygens (including phenoxy) is 2. The first-order valence-corrected chi connectivity index (χ1v) is 13.0. The molecule has 8 nitrogen and oxygen atoms in total. The molecule has 3 saturated heterocycles. The van der Waals surface area contributed by atoms with Crippen LogP contribution < -0.4 is 0 Å². The first-order chi connectivity index (χ1) is 16.8. The lowest BCUT2D eigenvalue weighted by atomic mass is 9.70. The van der Waals surface area contributed by atoms with Crippen LogP contribution in [0.1, 0.15) is 59.3 Å². The lowest BCUT2D eigenvalue weighted by Crippen LogP contribution is -2.59. The molecule has 35 heavy (non-hydrogen) atoms. The second-order valence-electron chi connectivity index (χ2n) is 10.4. The molecule has 196 valence electrons. The Hall–Kier alpha value is -2.19. The number of amides is 2. The van der Waals surface area contributed by atoms with Crippen molar-refractivity contribution in [2.75, 3.05) is 26.3 Å². The van der Waals surface area contributed by atoms with Gasteiger partial charge in [0.05, 0.1) is 37.2 Å². The summed E-state index contributed by atoms with van der Waals surface area (Å²) in [7, 11) is 0. The molecular formula is C27H42N2O6. The highest BCUT2D eigenvalue weighted by atomic mass is 16.6. The summed E-state index contributed by atoms with van der Waals surface area (Å²) in [6.45, 7) is 14.4. The molecule has 0 aliphatic carbocycles. The van der Waals surface area contributed by atoms with E-state index in [2.05, 4.69) is 20.1 Å². The number of likely N-dealkylation sites (tertiary alicyclic amines) is 1. The van der Waals surface area contributed by atoms with Crippen molar-refractivity contribution in [2.45, 2.75) is 83.1 Å². The van der Waals surface area contributed by atoms with E-state index in [9.17, 15) is 19.5 Å². The molecule has 2 bridgehead atoms. The predicted molar refractivity (Wildman–Crippen MR) is 132 cm³/mol. The third-order valence-electron chi connectivity index (χ3n) is 7.60. The molecule has 3 fully saturated rings. The van der Waals surface area contributed by atoms with Crippen LogP contribution >= 0.6 is 0 Å². The van der Waals surface area contributed by atoms with Crippen LogP contribution in [0.25, 0.3) is 0 Å². The molecule has 6 atom stereocenters. The Morgan fingerprint density at radius 1 is 1.34 bits per heavy atom. The van der Waals surface area contributed by atoms with Gasteiger partial charge >= 0.3 is 5.97 Å². The zero-order chi connectivity index (χ0) is 25.8. The number of unbranched alkanes of at least 4 members (excludes halogenated alkanes) is 1. The minimum Gasteiger partial charge on any atom is -0.465 e. The van der Waals surface area contributed by atoms with Gasteiger partial charge < -0.3 is 24.4 Å². The predicted octanol–water partition coefficient (Wildman–Crippen LogP) is 2.70. The van der Waals surface area contributed by atoms with Crippen molar-refractivity contribution in [2.24, 2.45) is 17.8 Å². The van der Waals surface area contributed by atoms with Crippen molar-refractivity contribution < 1.29 is 29.0 Å². The van der Waals surface area contributed by atoms with Crippen LogP contribution in [0.4, 0.5) is 0 Å². The molecule has 0 radical (unpaired) electrons. The van der Waals surface area contributed by atoms with Gasteiger partial charge in [0.1, 0.15) is 11.6 Å². The summed E-state index contributed by atoms with van der Waals surface area (Å²) in [5.41, 5.74) is -1.09. The van der Waals surface area contributed by atoms with Crippen LogP contribution in [0.5, 0.6) is 0 Å². The molecule has 0 aromatic heterocycles. The van der Waals surface area contributed by atoms with Gasteiger partial charge in [-0.25, -0.2) is 0 Å². The molecule has 1 spiro atoms. The van der Waals surface area contributed by atoms with E-state index in [0.717, 1.165) is 12.8 Å². The molecular weight excluding hydrogens is 448 g/mol. The van der Waals surface area contributed by atoms with E-state index in [-0.39, 0.29) is 30.9 Å². The van der Waals surface area contributed by atoms with E-state index < -0.39 is 41.6 Å². The summed E-state index contributed by atoms with van der Waals surface area (Å²) in [6, 6.07) is -1.42. The first-order valence-electron chi connectivity index (χ1n) is 13.0. The van der Waals surface area contributed by atoms with Crippen LogP contribution in [-0.2, 0) is 23.9 Å². The molecule has 2 amide bonds. The zero-order valence-electron chi connectivity index (χ0n) is 21.5. The van der Waals surface area contributed by atoms with E-state index in [0.29, 0.717) is 38.8 Å². The van der Waals surface area contributed by atoms with E-state index in [1.54, 1.807) is 22.0 Å². The van der Waals surface area contributed by atoms with Crippen molar-refractivity contribution in [1.82, 2.24) is 9.80 Å². The maximum absolute atomic E-state index is 14.1. The Morgan fingerprint density at radius 3 is 2.69 bits per heavy atom. The number of nitrogens with zero attached hydrogens (tertiary/aromatic N) is 2. The van der Waals surface area contributed by atoms with Crippen LogP contribution in [-0.4, -0.2) is 82.8 Å². The third-order valence-corrected chi connectivity index (χ3v) is 7.60. The van der Waals surface area contributed by atoms with Gasteiger partial charge in [0.15, 0.2) is 0 Å². The summed E-state index contributed by atoms with van der Waals surface area (Å²) < 4.78 is 11.9. The maximum atomic E-state index is 14.1. The fourth-order valence-electron chi connectivity index (χ4n) is 6.16. The van der Waals surface area contributed by atoms with E-state index >= 15 is 0 Å². The maximum Gasteiger partial charge on any atom is 0.312 e. The second-order valence-corrected chi connectivity index (χ2v) is 10.4. The van der Waals surface area contributed by atoms with Crippen LogP contribution in [0.3, 0.4) is 0 Å². The lowest BCUT2D eigenvalue weighted by Gasteiger charge is -2.39. The Bertz CT molecular complexity index is 813. The summed E-state index contributed by atoms with van der Waals surface area (Å²) in [4.78, 5) is 44.5. The SMILES string of the molecule is C=CCCOC(=O)[C@@H]1[C@H]2C(=O)N([C@@H](CO)CC(C)C)C(C(=O)N(CC=C)CCCC)C23CC[C@H]1O3. The number of aliphatic hydroxyl groups is 1. The van der Waals surface area contributed by atoms with Gasteiger partial charge in [-0.2, -0.15) is 0 Å². The molecule has 8 heteroatoms. The highest BCUT2D eigenvalue weighted by molar-refractivity contribution is 5.98. The Morgan fingerprint density at radius 2 is 2.09 bits per heavy atom. The normalized spacial score (nSPS) is 29.9. The average molecular weight is 491 g/mol. The number of hydrogen-bond acceptors (Lipinski definition) is 6. The number of rotatable bonds is 14. The van der Waals surface area contributed by atoms with Gasteiger partial charge in [0.25, 0.3) is 0 Å². The van der Waals surface area contributed by atoms with Crippen molar-refractivity contribution in [3.05, 3.63) is 25.3 Å². The minimum absolute atomic E-state index is 0.197. The van der Waals surface area contributed by atoms with E-state index in [1.807, 2.05) is 13.8 Å². The fraction of sp³-hybridized carbons (Fsp3) is 0.741. The average Bonchev–Trinajstić information content (AvgIpc) is 3.47. The van der Waals surface area contributed by atoms with Gasteiger partial charge in [-0.15, -0.1) is 13.2 Å². The Kier molecular flexibility index (Phi) is 9.16. The summed E-state index contributed by atoms with van der Waals surface area (Å²) in [5, 5.41) is 10.3. The van der Waals surface area contributed by atoms with Gasteiger partial charge in [-0.3, -0.25) is 14.4 Å². The smallest absolute Gasteiger partial charge is 0.312 e. The number of carbonyl (C=O) groups excluding carboxylic acids is 3. The molecule has 0 saturated carbocycles. The van der Waals surface area contributed by atoms with Crippen LogP contribution in [0.2, 0.25) is 0 Å². The molecule has 2 unspecified atom stereocenters. The van der Waals surface area contributed by atoms with E-state index in [4.69, 9.17) is 9.47 Å². The largest absolute Gasteiger partial charge is 0.465 e. The van der Waals surface area contributed by atoms with Crippen molar-refractivity contribution >= 4 is 17.8 Å². The van der Waals surface area contributed by atoms with E-state index in [1.165, 1.54) is 0 Å². The van der Waals surface area contributed by atoms with Crippen LogP contribution in [0.15, 0.2) is 25.3 Å². The Balaban J connectivity index is 2.02. The molecule has 3 rings (SSSR count). The topological polar surface area (TPSA) is 96.4 Å². The second kappa shape index (κ2) is 11.7. The number of carbonyl (C=O) groups is 3. The van der Waals surface area contributed by atoms with Gasteiger partial charge in [-0.1, -0.05) is 39.3 Å². The molecule has 3 aliphatic rings. The number of hydrogen-bond donors (Lipinski definition) is 1. The number of esters is 1. The van der Waals surface area contributed by atoms with Crippen molar-refractivity contribution in [3.8, 4) is 0 Å². The third kappa shape index (κ3) is 5.05. The standard InChI is InChI=1S/C27H42N2O6/c1-6-9-14-28(13-8-3)25(32)23-27-12-11-20(35-27)21(26(33)34-15-10-7-2)22(27)24(31)29(23)19(17-30)16-18(4)5/h7-8,18-23,30H,2-3,6,9-17H2,1,4-5H3/t19-,20-,21+,22+,23?,27?/m1/s1. The molecule has 3 heterocycles. The van der Waals surface area contributed by atoms with Crippen molar-refractivity contribution in [1.29, 1.82) is 0 Å². The quantitative estimate of drug-likeness (QED) is 0.229. The molecule has 0 aromatic rings. The number of fused-ring (bicyclic) bond motifs is 1. The summed E-state index contributed by atoms with van der Waals surface area (Å²) in [5.74, 6) is -2.27. The minimum atomic E-state index is -1.09. The summed E-state index contributed by atoms with van der Waals surface area (Å²) >= 11 is 0. The number of aliphatic hydroxyl groups excluding tert-OH is 1. The highest BCUT2D eigenvalue weighted by Crippen LogP contribution is 2.59. The van der Waals surface area contributed by atoms with Gasteiger partial charge in [-0.05, 0) is 38.0 Å². The molecule has 0 aromatic carbocycles. The highest BCUT2D eigenvalue weighted by Gasteiger charge is 2.75. The zero-order valence-corrected chi connectivity index (χ0v) is 21.5. The summed E-state index contributed by atoms with van der Waals surface area (Å²) in [6.07, 6.45) is 6.84. The lowest BCUT2D eigenvalue weighted by molar-refractivity contribution is -0.156. The molecule has 1 N–H and O–H groups in total. The van der Waals surface area contributed by atoms with Gasteiger partial charge in [0.2, 0.25) is 11.8 Å². The Labute approximate surface area is 209 Å². The molecule has 3 aliphatic heterocycles. The van der Waals surface area contributed by atoms with Gasteiger partial charge in [0, 0.05) is 13.1 Å². The van der Waals surface area contributed by atoms with Crippen molar-refractivity contribution in [3.63, 3.8) is 0 Å². The first kappa shape index (κ1) is 27.4. The van der Waals surface area contributed by atoms with Crippen LogP contribution in [0, 0.1) is 17.8 Å². The fourth-order valence-corrected chi connectivity index (χ4v) is 6.16. The monoisotopic (exact) mass is 490 g/mol.